The van der Waals surface area contributed by atoms with Gasteiger partial charge in [-0.3, -0.25) is 19.3 Å². The van der Waals surface area contributed by atoms with E-state index in [-0.39, 0.29) is 36.1 Å². The van der Waals surface area contributed by atoms with Gasteiger partial charge in [0.05, 0.1) is 11.6 Å². The molecule has 1 aromatic carbocycles. The monoisotopic (exact) mass is 529 g/mol. The lowest BCUT2D eigenvalue weighted by atomic mass is 9.57. The number of phenols is 1. The van der Waals surface area contributed by atoms with Gasteiger partial charge in [0.2, 0.25) is 5.78 Å². The van der Waals surface area contributed by atoms with Crippen LogP contribution in [-0.4, -0.2) is 88.7 Å². The largest absolute Gasteiger partial charge is 0.508 e. The fraction of sp³-hybridized carbons (Fsp3) is 0.440. The van der Waals surface area contributed by atoms with E-state index < -0.39 is 69.8 Å². The van der Waals surface area contributed by atoms with E-state index in [9.17, 15) is 39.6 Å². The number of nitrogens with zero attached hydrogens (tertiary/aromatic N) is 2. The standard InChI is InChI=1S/C25H31N5O8/c1-29(2)13-7-10(8-28-24(27)37)18(31)15-11(13)5-9-6-12-17(30(3)4)20(33)16(23(26)36)22(35)25(12,38)21(34)14(9)19(15)32/h7,9,12,17,31-32,35,38H,5-6,8H2,1-4H3,(H2,26,36)(H3,27,28,37)/t9-,12-,17-,25-/m0/s1. The molecule has 13 heteroatoms. The molecule has 1 fully saturated rings. The first-order chi connectivity index (χ1) is 17.6. The molecule has 3 aliphatic rings. The predicted molar refractivity (Wildman–Crippen MR) is 135 cm³/mol. The first-order valence-electron chi connectivity index (χ1n) is 11.9. The van der Waals surface area contributed by atoms with Crippen LogP contribution in [0.15, 0.2) is 23.0 Å². The first kappa shape index (κ1) is 26.9. The fourth-order valence-electron chi connectivity index (χ4n) is 6.06. The van der Waals surface area contributed by atoms with E-state index in [1.54, 1.807) is 25.1 Å². The van der Waals surface area contributed by atoms with E-state index in [0.29, 0.717) is 11.3 Å². The van der Waals surface area contributed by atoms with Crippen LogP contribution in [0.2, 0.25) is 0 Å². The van der Waals surface area contributed by atoms with Crippen LogP contribution in [0.5, 0.6) is 5.75 Å². The van der Waals surface area contributed by atoms with Gasteiger partial charge in [-0.2, -0.15) is 0 Å². The lowest BCUT2D eigenvalue weighted by Crippen LogP contribution is -2.65. The van der Waals surface area contributed by atoms with Gasteiger partial charge >= 0.3 is 6.03 Å². The average molecular weight is 530 g/mol. The number of nitrogens with two attached hydrogens (primary N) is 2. The molecule has 4 rings (SSSR count). The molecule has 0 heterocycles. The molecule has 0 spiro atoms. The number of benzene rings is 1. The van der Waals surface area contributed by atoms with E-state index in [2.05, 4.69) is 5.32 Å². The summed E-state index contributed by atoms with van der Waals surface area (Å²) in [4.78, 5) is 53.6. The quantitative estimate of drug-likeness (QED) is 0.235. The Morgan fingerprint density at radius 3 is 2.29 bits per heavy atom. The van der Waals surface area contributed by atoms with E-state index in [0.717, 1.165) is 0 Å². The number of primary amides is 2. The minimum absolute atomic E-state index is 0.00955. The van der Waals surface area contributed by atoms with Crippen LogP contribution in [0.25, 0.3) is 5.76 Å². The van der Waals surface area contributed by atoms with Crippen molar-refractivity contribution in [1.82, 2.24) is 10.2 Å². The Balaban J connectivity index is 1.97. The smallest absolute Gasteiger partial charge is 0.312 e. The number of rotatable bonds is 5. The van der Waals surface area contributed by atoms with Crippen molar-refractivity contribution in [2.24, 2.45) is 23.3 Å². The van der Waals surface area contributed by atoms with E-state index in [1.165, 1.54) is 19.0 Å². The second-order valence-corrected chi connectivity index (χ2v) is 10.3. The molecule has 38 heavy (non-hydrogen) atoms. The van der Waals surface area contributed by atoms with Crippen LogP contribution < -0.4 is 21.7 Å². The summed E-state index contributed by atoms with van der Waals surface area (Å²) < 4.78 is 0. The molecule has 3 aliphatic carbocycles. The Bertz CT molecular complexity index is 1350. The van der Waals surface area contributed by atoms with Crippen LogP contribution in [0.4, 0.5) is 10.5 Å². The lowest BCUT2D eigenvalue weighted by Gasteiger charge is -2.50. The Morgan fingerprint density at radius 2 is 1.76 bits per heavy atom. The van der Waals surface area contributed by atoms with Crippen molar-refractivity contribution < 1.29 is 39.6 Å². The minimum Gasteiger partial charge on any atom is -0.508 e. The number of aromatic hydroxyl groups is 1. The highest BCUT2D eigenvalue weighted by molar-refractivity contribution is 6.24. The number of anilines is 1. The SMILES string of the molecule is CN(C)c1cc(CNC(N)=O)c(O)c2c1C[C@H]1C[C@H]3[C@H](N(C)C)C(=O)C(C(N)=O)=C(O)[C@@]3(O)C(=O)C1=C2O. The van der Waals surface area contributed by atoms with Crippen molar-refractivity contribution in [3.63, 3.8) is 0 Å². The first-order valence-corrected chi connectivity index (χ1v) is 11.9. The van der Waals surface area contributed by atoms with Crippen molar-refractivity contribution in [2.75, 3.05) is 33.1 Å². The third-order valence-electron chi connectivity index (χ3n) is 7.71. The Labute approximate surface area is 218 Å². The molecule has 0 saturated heterocycles. The predicted octanol–water partition coefficient (Wildman–Crippen LogP) is -0.802. The normalized spacial score (nSPS) is 26.6. The number of hydrogen-bond acceptors (Lipinski definition) is 10. The number of amides is 3. The number of nitrogens with one attached hydrogen (secondary N) is 1. The average Bonchev–Trinajstić information content (AvgIpc) is 2.80. The number of fused-ring (bicyclic) bond motifs is 3. The van der Waals surface area contributed by atoms with Crippen molar-refractivity contribution >= 4 is 35.0 Å². The van der Waals surface area contributed by atoms with Crippen molar-refractivity contribution in [3.8, 4) is 5.75 Å². The Hall–Kier alpha value is -4.10. The second-order valence-electron chi connectivity index (χ2n) is 10.3. The number of ketones is 2. The number of likely N-dealkylation sites (N-methyl/N-ethyl adjacent to an activating group) is 1. The molecule has 1 aromatic rings. The van der Waals surface area contributed by atoms with Crippen molar-refractivity contribution in [3.05, 3.63) is 39.7 Å². The van der Waals surface area contributed by atoms with Crippen LogP contribution in [0.3, 0.4) is 0 Å². The zero-order chi connectivity index (χ0) is 28.4. The summed E-state index contributed by atoms with van der Waals surface area (Å²) in [6.07, 6.45) is 0.142. The molecular formula is C25H31N5O8. The zero-order valence-electron chi connectivity index (χ0n) is 21.4. The molecule has 0 bridgehead atoms. The van der Waals surface area contributed by atoms with Gasteiger partial charge in [0.15, 0.2) is 11.4 Å². The van der Waals surface area contributed by atoms with Crippen LogP contribution in [-0.2, 0) is 27.3 Å². The number of hydrogen-bond donors (Lipinski definition) is 7. The highest BCUT2D eigenvalue weighted by Crippen LogP contribution is 2.54. The molecule has 1 saturated carbocycles. The molecule has 204 valence electrons. The lowest BCUT2D eigenvalue weighted by molar-refractivity contribution is -0.153. The summed E-state index contributed by atoms with van der Waals surface area (Å²) in [5, 5.41) is 47.4. The maximum atomic E-state index is 13.9. The molecular weight excluding hydrogens is 498 g/mol. The van der Waals surface area contributed by atoms with Gasteiger partial charge in [0.1, 0.15) is 22.8 Å². The summed E-state index contributed by atoms with van der Waals surface area (Å²) in [6.45, 7) is -0.167. The third-order valence-corrected chi connectivity index (χ3v) is 7.71. The number of Topliss-reactive ketones (excluding diaryl/α,β-unsaturated/α-hetero) is 2. The van der Waals surface area contributed by atoms with E-state index >= 15 is 0 Å². The molecule has 13 nitrogen and oxygen atoms in total. The van der Waals surface area contributed by atoms with Gasteiger partial charge in [-0.15, -0.1) is 0 Å². The molecule has 4 atom stereocenters. The zero-order valence-corrected chi connectivity index (χ0v) is 21.4. The fourth-order valence-corrected chi connectivity index (χ4v) is 6.06. The summed E-state index contributed by atoms with van der Waals surface area (Å²) in [5.41, 5.74) is 7.92. The maximum absolute atomic E-state index is 13.9. The summed E-state index contributed by atoms with van der Waals surface area (Å²) >= 11 is 0. The van der Waals surface area contributed by atoms with E-state index in [1.807, 2.05) is 0 Å². The van der Waals surface area contributed by atoms with Crippen LogP contribution in [0, 0.1) is 11.8 Å². The topological polar surface area (TPSA) is 220 Å². The number of carbonyl (C=O) groups excluding carboxylic acids is 4. The number of phenolic OH excluding ortho intramolecular Hbond substituents is 1. The van der Waals surface area contributed by atoms with Gasteiger partial charge in [-0.05, 0) is 44.5 Å². The van der Waals surface area contributed by atoms with Gasteiger partial charge in [-0.25, -0.2) is 4.79 Å². The van der Waals surface area contributed by atoms with Crippen LogP contribution >= 0.6 is 0 Å². The molecule has 0 radical (unpaired) electrons. The number of aliphatic hydroxyl groups is 3. The summed E-state index contributed by atoms with van der Waals surface area (Å²) in [5.74, 6) is -7.20. The maximum Gasteiger partial charge on any atom is 0.312 e. The number of urea groups is 1. The second kappa shape index (κ2) is 9.03. The van der Waals surface area contributed by atoms with Crippen molar-refractivity contribution in [2.45, 2.75) is 31.0 Å². The highest BCUT2D eigenvalue weighted by Gasteiger charge is 2.64. The number of aliphatic hydroxyl groups excluding tert-OH is 2. The Kier molecular flexibility index (Phi) is 6.40. The van der Waals surface area contributed by atoms with Crippen LogP contribution in [0.1, 0.15) is 23.1 Å². The van der Waals surface area contributed by atoms with Gasteiger partial charge in [0.25, 0.3) is 5.91 Å². The number of carbonyl (C=O) groups is 4. The highest BCUT2D eigenvalue weighted by atomic mass is 16.3. The van der Waals surface area contributed by atoms with Gasteiger partial charge in [0, 0.05) is 43.4 Å². The molecule has 0 aromatic heterocycles. The molecule has 3 amide bonds. The van der Waals surface area contributed by atoms with Gasteiger partial charge < -0.3 is 42.1 Å². The van der Waals surface area contributed by atoms with E-state index in [4.69, 9.17) is 11.5 Å². The molecule has 0 unspecified atom stereocenters. The Morgan fingerprint density at radius 1 is 1.13 bits per heavy atom. The minimum atomic E-state index is -2.71. The summed E-state index contributed by atoms with van der Waals surface area (Å²) in [6, 6.07) is -0.359. The summed E-state index contributed by atoms with van der Waals surface area (Å²) in [7, 11) is 6.57. The third kappa shape index (κ3) is 3.69. The molecule has 0 aliphatic heterocycles. The molecule has 9 N–H and O–H groups in total. The van der Waals surface area contributed by atoms with Gasteiger partial charge in [-0.1, -0.05) is 0 Å². The van der Waals surface area contributed by atoms with Crippen molar-refractivity contribution in [1.29, 1.82) is 0 Å².